The zero-order valence-electron chi connectivity index (χ0n) is 25.4. The molecule has 1 saturated heterocycles. The minimum atomic E-state index is -0.515. The molecule has 1 fully saturated rings. The van der Waals surface area contributed by atoms with Gasteiger partial charge in [0.15, 0.2) is 0 Å². The minimum Gasteiger partial charge on any atom is -0.457 e. The first kappa shape index (κ1) is 28.2. The first-order valence-electron chi connectivity index (χ1n) is 14.4. The van der Waals surface area contributed by atoms with Gasteiger partial charge in [-0.05, 0) is 81.6 Å². The largest absolute Gasteiger partial charge is 0.457 e. The molecular formula is C32H37N8O3+. The van der Waals surface area contributed by atoms with E-state index in [1.54, 1.807) is 17.6 Å². The van der Waals surface area contributed by atoms with Crippen LogP contribution in [0.25, 0.3) is 16.6 Å². The number of aryl methyl sites for hydroxylation is 2. The highest BCUT2D eigenvalue weighted by molar-refractivity contribution is 5.93. The van der Waals surface area contributed by atoms with E-state index in [1.165, 1.54) is 0 Å². The van der Waals surface area contributed by atoms with Crippen LogP contribution in [0.15, 0.2) is 67.4 Å². The number of hydrogen-bond acceptors (Lipinski definition) is 8. The highest BCUT2D eigenvalue weighted by Gasteiger charge is 2.30. The van der Waals surface area contributed by atoms with E-state index in [0.29, 0.717) is 19.6 Å². The van der Waals surface area contributed by atoms with Crippen molar-refractivity contribution in [3.63, 3.8) is 0 Å². The summed E-state index contributed by atoms with van der Waals surface area (Å²) in [5, 5.41) is 4.40. The average molecular weight is 582 g/mol. The predicted molar refractivity (Wildman–Crippen MR) is 165 cm³/mol. The molecule has 1 N–H and O–H groups in total. The second-order valence-corrected chi connectivity index (χ2v) is 12.0. The Bertz CT molecular complexity index is 1810. The van der Waals surface area contributed by atoms with E-state index in [4.69, 9.17) is 9.47 Å². The highest BCUT2D eigenvalue weighted by atomic mass is 16.6. The Hall–Kier alpha value is -4.93. The summed E-state index contributed by atoms with van der Waals surface area (Å²) in [4.78, 5) is 30.2. The van der Waals surface area contributed by atoms with Gasteiger partial charge in [-0.25, -0.2) is 14.8 Å². The highest BCUT2D eigenvalue weighted by Crippen LogP contribution is 2.32. The van der Waals surface area contributed by atoms with Crippen molar-refractivity contribution in [3.8, 4) is 11.5 Å². The lowest BCUT2D eigenvalue weighted by Crippen LogP contribution is -2.54. The fraction of sp³-hybridized carbons (Fsp3) is 0.344. The molecule has 0 radical (unpaired) electrons. The van der Waals surface area contributed by atoms with E-state index in [0.717, 1.165) is 50.8 Å². The fourth-order valence-corrected chi connectivity index (χ4v) is 5.35. The van der Waals surface area contributed by atoms with Crippen LogP contribution in [0.1, 0.15) is 33.3 Å². The van der Waals surface area contributed by atoms with Crippen molar-refractivity contribution >= 4 is 39.8 Å². The maximum Gasteiger partial charge on any atom is 0.410 e. The van der Waals surface area contributed by atoms with Gasteiger partial charge in [0, 0.05) is 48.5 Å². The lowest BCUT2D eigenvalue weighted by molar-refractivity contribution is -0.739. The number of fused-ring (bicyclic) bond motifs is 2. The van der Waals surface area contributed by atoms with Gasteiger partial charge < -0.3 is 24.6 Å². The van der Waals surface area contributed by atoms with Crippen molar-refractivity contribution in [2.75, 3.05) is 29.9 Å². The van der Waals surface area contributed by atoms with Gasteiger partial charge in [0.25, 0.3) is 5.65 Å². The van der Waals surface area contributed by atoms with Crippen molar-refractivity contribution in [3.05, 3.63) is 72.9 Å². The van der Waals surface area contributed by atoms with E-state index in [-0.39, 0.29) is 12.1 Å². The molecule has 222 valence electrons. The summed E-state index contributed by atoms with van der Waals surface area (Å²) >= 11 is 0. The van der Waals surface area contributed by atoms with E-state index >= 15 is 0 Å². The zero-order valence-corrected chi connectivity index (χ0v) is 25.4. The molecule has 3 aromatic heterocycles. The first-order valence-corrected chi connectivity index (χ1v) is 14.4. The zero-order chi connectivity index (χ0) is 30.3. The molecule has 0 bridgehead atoms. The van der Waals surface area contributed by atoms with Gasteiger partial charge >= 0.3 is 12.4 Å². The number of hydrogen-bond donors (Lipinski definition) is 1. The van der Waals surface area contributed by atoms with Crippen LogP contribution in [0.4, 0.5) is 22.0 Å². The molecular weight excluding hydrogens is 544 g/mol. The van der Waals surface area contributed by atoms with E-state index < -0.39 is 5.60 Å². The van der Waals surface area contributed by atoms with Crippen molar-refractivity contribution in [2.45, 2.75) is 46.3 Å². The molecule has 0 aliphatic carbocycles. The van der Waals surface area contributed by atoms with Crippen LogP contribution in [-0.2, 0) is 11.8 Å². The van der Waals surface area contributed by atoms with Crippen LogP contribution in [-0.4, -0.2) is 61.7 Å². The lowest BCUT2D eigenvalue weighted by Gasteiger charge is -2.41. The van der Waals surface area contributed by atoms with Gasteiger partial charge in [-0.3, -0.25) is 0 Å². The third-order valence-corrected chi connectivity index (χ3v) is 7.48. The second kappa shape index (κ2) is 11.0. The lowest BCUT2D eigenvalue weighted by atomic mass is 10.1. The van der Waals surface area contributed by atoms with Gasteiger partial charge in [0.1, 0.15) is 36.3 Å². The number of piperazine rings is 1. The number of carbonyl (C=O) groups is 1. The quantitative estimate of drug-likeness (QED) is 0.276. The van der Waals surface area contributed by atoms with Crippen LogP contribution in [0, 0.1) is 6.92 Å². The summed E-state index contributed by atoms with van der Waals surface area (Å²) in [6, 6.07) is 16.1. The maximum atomic E-state index is 12.6. The van der Waals surface area contributed by atoms with Crippen molar-refractivity contribution < 1.29 is 19.0 Å². The van der Waals surface area contributed by atoms with Crippen LogP contribution in [0.5, 0.6) is 11.5 Å². The fourth-order valence-electron chi connectivity index (χ4n) is 5.35. The molecule has 4 heterocycles. The van der Waals surface area contributed by atoms with Gasteiger partial charge in [-0.1, -0.05) is 0 Å². The topological polar surface area (TPSA) is 101 Å². The Morgan fingerprint density at radius 1 is 1.05 bits per heavy atom. The van der Waals surface area contributed by atoms with Crippen LogP contribution in [0.2, 0.25) is 0 Å². The molecule has 1 aliphatic rings. The van der Waals surface area contributed by atoms with E-state index in [2.05, 4.69) is 44.2 Å². The van der Waals surface area contributed by atoms with Crippen molar-refractivity contribution in [1.82, 2.24) is 24.4 Å². The van der Waals surface area contributed by atoms with Gasteiger partial charge in [0.2, 0.25) is 0 Å². The number of anilines is 3. The van der Waals surface area contributed by atoms with Crippen LogP contribution >= 0.6 is 0 Å². The summed E-state index contributed by atoms with van der Waals surface area (Å²) in [7, 11) is 1.94. The summed E-state index contributed by atoms with van der Waals surface area (Å²) in [6.45, 7) is 11.7. The molecule has 11 nitrogen and oxygen atoms in total. The number of pyridine rings is 1. The van der Waals surface area contributed by atoms with Crippen LogP contribution in [0.3, 0.4) is 0 Å². The number of nitrogens with one attached hydrogen (secondary N) is 1. The molecule has 0 saturated carbocycles. The Morgan fingerprint density at radius 3 is 2.65 bits per heavy atom. The van der Waals surface area contributed by atoms with Gasteiger partial charge in [-0.15, -0.1) is 4.52 Å². The summed E-state index contributed by atoms with van der Waals surface area (Å²) in [5.41, 5.74) is 4.08. The number of nitrogens with zero attached hydrogens (tertiary/aromatic N) is 7. The van der Waals surface area contributed by atoms with Gasteiger partial charge in [-0.2, -0.15) is 4.68 Å². The SMILES string of the molecule is Cc1cc(Nc2ncnc3ccc(N4CCN(C(=O)OC(C)(C)C)C[C@@H]4C)cc23)ccc1Oc1ccn2c(c1)nc[n+]2C. The standard InChI is InChI=1S/C32H37N8O3/c1-21-15-23(7-10-28(21)42-25-11-12-40-29(17-25)35-20-37(40)6)36-30-26-16-24(8-9-27(26)33-19-34-30)39-14-13-38(18-22(39)2)31(41)43-32(3,4)5/h7-12,15-17,19-20,22H,13-14,18H2,1-6H3,(H,33,34,36)/q+1/t22-/m0/s1. The molecule has 43 heavy (non-hydrogen) atoms. The normalized spacial score (nSPS) is 15.6. The third-order valence-electron chi connectivity index (χ3n) is 7.48. The number of aromatic nitrogens is 5. The summed E-state index contributed by atoms with van der Waals surface area (Å²) in [5.74, 6) is 2.20. The summed E-state index contributed by atoms with van der Waals surface area (Å²) < 4.78 is 15.6. The van der Waals surface area contributed by atoms with E-state index in [9.17, 15) is 4.79 Å². The number of benzene rings is 2. The number of amides is 1. The first-order chi connectivity index (χ1) is 20.5. The second-order valence-electron chi connectivity index (χ2n) is 12.0. The average Bonchev–Trinajstić information content (AvgIpc) is 3.33. The Balaban J connectivity index is 1.19. The third kappa shape index (κ3) is 6.01. The molecule has 2 aromatic carbocycles. The Labute approximate surface area is 250 Å². The minimum absolute atomic E-state index is 0.118. The number of rotatable bonds is 5. The maximum absolute atomic E-state index is 12.6. The molecule has 1 amide bonds. The number of ether oxygens (including phenoxy) is 2. The Kier molecular flexibility index (Phi) is 7.25. The predicted octanol–water partition coefficient (Wildman–Crippen LogP) is 5.39. The molecule has 1 atom stereocenters. The van der Waals surface area contributed by atoms with Gasteiger partial charge in [0.05, 0.1) is 17.8 Å². The van der Waals surface area contributed by atoms with Crippen LogP contribution < -0.4 is 19.6 Å². The smallest absolute Gasteiger partial charge is 0.410 e. The molecule has 5 aromatic rings. The van der Waals surface area contributed by atoms with Crippen molar-refractivity contribution in [2.24, 2.45) is 7.05 Å². The van der Waals surface area contributed by atoms with Crippen molar-refractivity contribution in [1.29, 1.82) is 0 Å². The molecule has 0 unspecified atom stereocenters. The molecule has 11 heteroatoms. The molecule has 6 rings (SSSR count). The monoisotopic (exact) mass is 581 g/mol. The Morgan fingerprint density at radius 2 is 1.88 bits per heavy atom. The number of carbonyl (C=O) groups excluding carboxylic acids is 1. The molecule has 0 spiro atoms. The van der Waals surface area contributed by atoms with E-state index in [1.807, 2.05) is 86.5 Å². The summed E-state index contributed by atoms with van der Waals surface area (Å²) in [6.07, 6.45) is 5.00. The molecule has 1 aliphatic heterocycles.